The van der Waals surface area contributed by atoms with E-state index < -0.39 is 21.0 Å². The molecule has 0 rings (SSSR count). The average Bonchev–Trinajstić information content (AvgIpc) is 2.01. The summed E-state index contributed by atoms with van der Waals surface area (Å²) in [6, 6.07) is 1.56. The van der Waals surface area contributed by atoms with Crippen molar-refractivity contribution < 1.29 is 13.2 Å². The number of amides is 1. The van der Waals surface area contributed by atoms with Crippen LogP contribution in [-0.2, 0) is 14.6 Å². The van der Waals surface area contributed by atoms with Gasteiger partial charge < -0.3 is 5.32 Å². The molecule has 0 saturated heterocycles. The van der Waals surface area contributed by atoms with Gasteiger partial charge in [-0.25, -0.2) is 8.42 Å². The molecule has 0 radical (unpaired) electrons. The van der Waals surface area contributed by atoms with Gasteiger partial charge >= 0.3 is 0 Å². The Bertz CT molecular complexity index is 342. The van der Waals surface area contributed by atoms with Crippen molar-refractivity contribution in [3.05, 3.63) is 0 Å². The first-order valence-corrected chi connectivity index (χ1v) is 6.10. The van der Waals surface area contributed by atoms with Crippen LogP contribution in [0.15, 0.2) is 0 Å². The molecule has 2 atom stereocenters. The van der Waals surface area contributed by atoms with Crippen molar-refractivity contribution in [2.24, 2.45) is 0 Å². The largest absolute Gasteiger partial charge is 0.351 e. The van der Waals surface area contributed by atoms with Crippen molar-refractivity contribution in [1.29, 1.82) is 5.26 Å². The number of hydrogen-bond acceptors (Lipinski definition) is 4. The molecule has 0 heterocycles. The number of sulfone groups is 1. The third kappa shape index (κ3) is 4.23. The van der Waals surface area contributed by atoms with E-state index in [1.165, 1.54) is 6.92 Å². The van der Waals surface area contributed by atoms with Crippen LogP contribution in [0.25, 0.3) is 0 Å². The smallest absolute Gasteiger partial charge is 0.238 e. The fourth-order valence-electron chi connectivity index (χ4n) is 0.743. The summed E-state index contributed by atoms with van der Waals surface area (Å²) in [5, 5.41) is 9.71. The summed E-state index contributed by atoms with van der Waals surface area (Å²) in [4.78, 5) is 11.3. The van der Waals surface area contributed by atoms with Crippen molar-refractivity contribution in [3.8, 4) is 6.07 Å². The summed E-state index contributed by atoms with van der Waals surface area (Å²) in [6.07, 6.45) is 1.18. The van der Waals surface area contributed by atoms with Crippen molar-refractivity contribution >= 4 is 15.7 Å². The first kappa shape index (κ1) is 12.9. The Kier molecular flexibility index (Phi) is 4.57. The molecular formula is C8H14N2O3S. The van der Waals surface area contributed by atoms with Crippen LogP contribution in [0.4, 0.5) is 0 Å². The Balaban J connectivity index is 4.31. The van der Waals surface area contributed by atoms with Gasteiger partial charge in [-0.05, 0) is 13.8 Å². The molecule has 1 amide bonds. The van der Waals surface area contributed by atoms with Crippen molar-refractivity contribution in [3.63, 3.8) is 0 Å². The fourth-order valence-corrected chi connectivity index (χ4v) is 1.20. The minimum atomic E-state index is -3.36. The summed E-state index contributed by atoms with van der Waals surface area (Å²) in [6.45, 7) is 2.97. The second-order valence-electron chi connectivity index (χ2n) is 3.24. The minimum absolute atomic E-state index is 0.169. The lowest BCUT2D eigenvalue weighted by atomic mass is 10.2. The van der Waals surface area contributed by atoms with Crippen molar-refractivity contribution in [1.82, 2.24) is 5.32 Å². The summed E-state index contributed by atoms with van der Waals surface area (Å²) >= 11 is 0. The third-order valence-corrected chi connectivity index (χ3v) is 3.30. The maximum absolute atomic E-state index is 11.3. The molecule has 0 spiro atoms. The van der Waals surface area contributed by atoms with E-state index in [2.05, 4.69) is 5.32 Å². The van der Waals surface area contributed by atoms with Gasteiger partial charge in [-0.2, -0.15) is 5.26 Å². The van der Waals surface area contributed by atoms with Gasteiger partial charge in [-0.1, -0.05) is 0 Å². The van der Waals surface area contributed by atoms with Crippen molar-refractivity contribution in [2.45, 2.75) is 31.6 Å². The van der Waals surface area contributed by atoms with E-state index in [-0.39, 0.29) is 12.5 Å². The maximum atomic E-state index is 11.3. The normalized spacial score (nSPS) is 15.3. The molecule has 0 bridgehead atoms. The van der Waals surface area contributed by atoms with E-state index >= 15 is 0 Å². The Hall–Kier alpha value is -1.09. The molecule has 0 saturated carbocycles. The molecule has 0 aliphatic rings. The Morgan fingerprint density at radius 3 is 2.36 bits per heavy atom. The van der Waals surface area contributed by atoms with Crippen LogP contribution in [0.3, 0.4) is 0 Å². The number of rotatable bonds is 4. The molecule has 14 heavy (non-hydrogen) atoms. The van der Waals surface area contributed by atoms with E-state index in [4.69, 9.17) is 5.26 Å². The lowest BCUT2D eigenvalue weighted by molar-refractivity contribution is -0.120. The van der Waals surface area contributed by atoms with E-state index in [1.54, 1.807) is 6.92 Å². The highest BCUT2D eigenvalue weighted by molar-refractivity contribution is 7.92. The number of hydrogen-bond donors (Lipinski definition) is 1. The number of carbonyl (C=O) groups is 1. The highest BCUT2D eigenvalue weighted by atomic mass is 32.2. The van der Waals surface area contributed by atoms with Crippen LogP contribution in [0.2, 0.25) is 0 Å². The molecule has 6 heteroatoms. The topological polar surface area (TPSA) is 87.0 Å². The summed E-state index contributed by atoms with van der Waals surface area (Å²) in [5.41, 5.74) is 0. The molecule has 2 unspecified atom stereocenters. The van der Waals surface area contributed by atoms with Crippen LogP contribution in [-0.4, -0.2) is 31.9 Å². The Morgan fingerprint density at radius 2 is 2.00 bits per heavy atom. The van der Waals surface area contributed by atoms with Crippen molar-refractivity contribution in [2.75, 3.05) is 6.26 Å². The molecule has 0 fully saturated rings. The predicted octanol–water partition coefficient (Wildman–Crippen LogP) is -0.162. The summed E-state index contributed by atoms with van der Waals surface area (Å²) < 4.78 is 22.0. The molecular weight excluding hydrogens is 204 g/mol. The quantitative estimate of drug-likeness (QED) is 0.710. The van der Waals surface area contributed by atoms with E-state index in [0.717, 1.165) is 6.26 Å². The SMILES string of the molecule is CC(CC#N)NC(=O)C(C)S(C)(=O)=O. The zero-order valence-electron chi connectivity index (χ0n) is 8.44. The highest BCUT2D eigenvalue weighted by Gasteiger charge is 2.24. The molecule has 0 aliphatic carbocycles. The average molecular weight is 218 g/mol. The van der Waals surface area contributed by atoms with Gasteiger partial charge in [0.05, 0.1) is 12.5 Å². The van der Waals surface area contributed by atoms with Gasteiger partial charge in [0.2, 0.25) is 5.91 Å². The third-order valence-electron chi connectivity index (χ3n) is 1.80. The van der Waals surface area contributed by atoms with Crippen LogP contribution in [0, 0.1) is 11.3 Å². The van der Waals surface area contributed by atoms with Gasteiger partial charge in [0, 0.05) is 12.3 Å². The number of nitrogens with zero attached hydrogens (tertiary/aromatic N) is 1. The minimum Gasteiger partial charge on any atom is -0.351 e. The van der Waals surface area contributed by atoms with Crippen LogP contribution >= 0.6 is 0 Å². The molecule has 0 aromatic carbocycles. The standard InChI is InChI=1S/C8H14N2O3S/c1-6(4-5-9)10-8(11)7(2)14(3,12)13/h6-7H,4H2,1-3H3,(H,10,11). The number of nitriles is 1. The molecule has 0 aromatic rings. The second kappa shape index (κ2) is 4.96. The van der Waals surface area contributed by atoms with Gasteiger partial charge in [0.15, 0.2) is 9.84 Å². The second-order valence-corrected chi connectivity index (χ2v) is 5.61. The maximum Gasteiger partial charge on any atom is 0.238 e. The van der Waals surface area contributed by atoms with E-state index in [9.17, 15) is 13.2 Å². The highest BCUT2D eigenvalue weighted by Crippen LogP contribution is 1.99. The number of carbonyl (C=O) groups excluding carboxylic acids is 1. The van der Waals surface area contributed by atoms with Gasteiger partial charge in [0.25, 0.3) is 0 Å². The molecule has 0 aromatic heterocycles. The van der Waals surface area contributed by atoms with Crippen LogP contribution in [0.1, 0.15) is 20.3 Å². The first-order valence-electron chi connectivity index (χ1n) is 4.15. The zero-order valence-corrected chi connectivity index (χ0v) is 9.26. The number of nitrogens with one attached hydrogen (secondary N) is 1. The van der Waals surface area contributed by atoms with Crippen LogP contribution < -0.4 is 5.32 Å². The summed E-state index contributed by atoms with van der Waals surface area (Å²) in [7, 11) is -3.36. The molecule has 5 nitrogen and oxygen atoms in total. The first-order chi connectivity index (χ1) is 6.29. The molecule has 80 valence electrons. The molecule has 0 aliphatic heterocycles. The Labute approximate surface area is 84.0 Å². The van der Waals surface area contributed by atoms with E-state index in [0.29, 0.717) is 0 Å². The van der Waals surface area contributed by atoms with E-state index in [1.807, 2.05) is 6.07 Å². The van der Waals surface area contributed by atoms with Gasteiger partial charge in [-0.15, -0.1) is 0 Å². The predicted molar refractivity (Wildman–Crippen MR) is 52.1 cm³/mol. The zero-order chi connectivity index (χ0) is 11.4. The van der Waals surface area contributed by atoms with Gasteiger partial charge in [0.1, 0.15) is 5.25 Å². The lowest BCUT2D eigenvalue weighted by Crippen LogP contribution is -2.41. The Morgan fingerprint density at radius 1 is 1.50 bits per heavy atom. The fraction of sp³-hybridized carbons (Fsp3) is 0.750. The van der Waals surface area contributed by atoms with Gasteiger partial charge in [-0.3, -0.25) is 4.79 Å². The monoisotopic (exact) mass is 218 g/mol. The lowest BCUT2D eigenvalue weighted by Gasteiger charge is -2.13. The van der Waals surface area contributed by atoms with Crippen LogP contribution in [0.5, 0.6) is 0 Å². The molecule has 1 N–H and O–H groups in total. The summed E-state index contributed by atoms with van der Waals surface area (Å²) in [5.74, 6) is -0.560.